The van der Waals surface area contributed by atoms with Crippen molar-refractivity contribution in [3.63, 3.8) is 0 Å². The molecular formula is C12H13Cl3O4. The van der Waals surface area contributed by atoms with Gasteiger partial charge in [-0.25, -0.2) is 4.79 Å². The van der Waals surface area contributed by atoms with Crippen LogP contribution in [0.1, 0.15) is 18.6 Å². The Bertz CT molecular complexity index is 405. The van der Waals surface area contributed by atoms with Crippen LogP contribution in [0, 0.1) is 5.92 Å². The van der Waals surface area contributed by atoms with Crippen molar-refractivity contribution in [2.24, 2.45) is 5.92 Å². The Hall–Kier alpha value is -0.680. The monoisotopic (exact) mass is 326 g/mol. The second-order valence-electron chi connectivity index (χ2n) is 3.94. The highest BCUT2D eigenvalue weighted by Crippen LogP contribution is 2.28. The van der Waals surface area contributed by atoms with Crippen molar-refractivity contribution in [1.82, 2.24) is 0 Å². The normalized spacial score (nSPS) is 14.6. The molecule has 0 saturated heterocycles. The van der Waals surface area contributed by atoms with Gasteiger partial charge in [0.2, 0.25) is 0 Å². The fourth-order valence-corrected chi connectivity index (χ4v) is 1.58. The zero-order valence-electron chi connectivity index (χ0n) is 10.1. The van der Waals surface area contributed by atoms with Gasteiger partial charge in [-0.2, -0.15) is 0 Å². The van der Waals surface area contributed by atoms with Crippen molar-refractivity contribution in [1.29, 1.82) is 0 Å². The van der Waals surface area contributed by atoms with Crippen molar-refractivity contribution in [3.8, 4) is 0 Å². The Labute approximate surface area is 126 Å². The van der Waals surface area contributed by atoms with Gasteiger partial charge in [-0.05, 0) is 40.4 Å². The number of aliphatic hydroxyl groups is 1. The molecule has 0 aliphatic heterocycles. The van der Waals surface area contributed by atoms with E-state index in [0.29, 0.717) is 0 Å². The van der Waals surface area contributed by atoms with Crippen LogP contribution >= 0.6 is 34.8 Å². The Balaban J connectivity index is 2.43. The van der Waals surface area contributed by atoms with E-state index in [1.54, 1.807) is 19.1 Å². The second-order valence-corrected chi connectivity index (χ2v) is 6.12. The molecule has 2 atom stereocenters. The molecule has 19 heavy (non-hydrogen) atoms. The third-order valence-electron chi connectivity index (χ3n) is 2.34. The lowest BCUT2D eigenvalue weighted by atomic mass is 9.98. The van der Waals surface area contributed by atoms with E-state index in [9.17, 15) is 9.90 Å². The molecule has 0 spiro atoms. The number of hydrogen-bond acceptors (Lipinski definition) is 4. The van der Waals surface area contributed by atoms with Crippen LogP contribution in [-0.2, 0) is 9.47 Å². The summed E-state index contributed by atoms with van der Waals surface area (Å²) in [6.45, 7) is 1.66. The molecular weight excluding hydrogens is 314 g/mol. The minimum atomic E-state index is -2.15. The second kappa shape index (κ2) is 7.20. The fraction of sp³-hybridized carbons (Fsp3) is 0.417. The fourth-order valence-electron chi connectivity index (χ4n) is 1.39. The summed E-state index contributed by atoms with van der Waals surface area (Å²) in [4.78, 5) is 11.1. The summed E-state index contributed by atoms with van der Waals surface area (Å²) in [5.74, 6) is -0.328. The summed E-state index contributed by atoms with van der Waals surface area (Å²) in [7, 11) is 0. The Morgan fingerprint density at radius 2 is 1.89 bits per heavy atom. The quantitative estimate of drug-likeness (QED) is 0.674. The first-order valence-electron chi connectivity index (χ1n) is 5.45. The molecule has 1 aromatic carbocycles. The average molecular weight is 328 g/mol. The third-order valence-corrected chi connectivity index (χ3v) is 2.57. The van der Waals surface area contributed by atoms with E-state index in [2.05, 4.69) is 4.74 Å². The van der Waals surface area contributed by atoms with Crippen LogP contribution in [0.5, 0.6) is 0 Å². The molecule has 7 heteroatoms. The number of halogens is 3. The average Bonchev–Trinajstić information content (AvgIpc) is 2.34. The van der Waals surface area contributed by atoms with Gasteiger partial charge in [-0.3, -0.25) is 0 Å². The van der Waals surface area contributed by atoms with Gasteiger partial charge in [0.25, 0.3) is 0 Å². The molecule has 0 bridgehead atoms. The highest BCUT2D eigenvalue weighted by atomic mass is 35.6. The molecule has 0 aliphatic rings. The van der Waals surface area contributed by atoms with E-state index in [-0.39, 0.29) is 12.5 Å². The van der Waals surface area contributed by atoms with E-state index in [0.717, 1.165) is 5.56 Å². The Morgan fingerprint density at radius 3 is 2.42 bits per heavy atom. The largest absolute Gasteiger partial charge is 0.511 e. The number of alkyl halides is 3. The van der Waals surface area contributed by atoms with Gasteiger partial charge in [0.1, 0.15) is 6.61 Å². The number of carbonyl (C=O) groups is 1. The predicted molar refractivity (Wildman–Crippen MR) is 73.3 cm³/mol. The lowest BCUT2D eigenvalue weighted by molar-refractivity contribution is 0.0186. The maximum absolute atomic E-state index is 11.1. The molecule has 1 rings (SSSR count). The molecule has 0 heterocycles. The van der Waals surface area contributed by atoms with E-state index < -0.39 is 16.2 Å². The molecule has 106 valence electrons. The summed E-state index contributed by atoms with van der Waals surface area (Å²) in [5.41, 5.74) is 0.730. The summed E-state index contributed by atoms with van der Waals surface area (Å²) in [6.07, 6.45) is -1.87. The molecule has 0 radical (unpaired) electrons. The lowest BCUT2D eigenvalue weighted by Crippen LogP contribution is -2.22. The molecule has 4 nitrogen and oxygen atoms in total. The first kappa shape index (κ1) is 16.4. The van der Waals surface area contributed by atoms with Crippen LogP contribution in [0.2, 0.25) is 0 Å². The van der Waals surface area contributed by atoms with Gasteiger partial charge in [-0.1, -0.05) is 37.3 Å². The third kappa shape index (κ3) is 6.34. The van der Waals surface area contributed by atoms with Gasteiger partial charge >= 0.3 is 10.1 Å². The van der Waals surface area contributed by atoms with Crippen molar-refractivity contribution < 1.29 is 19.4 Å². The topological polar surface area (TPSA) is 55.8 Å². The first-order chi connectivity index (χ1) is 8.79. The smallest absolute Gasteiger partial charge is 0.434 e. The van der Waals surface area contributed by atoms with Gasteiger partial charge in [0.05, 0.1) is 6.10 Å². The summed E-state index contributed by atoms with van der Waals surface area (Å²) < 4.78 is 6.92. The number of ether oxygens (including phenoxy) is 2. The van der Waals surface area contributed by atoms with Gasteiger partial charge in [0, 0.05) is 5.92 Å². The van der Waals surface area contributed by atoms with Gasteiger partial charge < -0.3 is 14.6 Å². The summed E-state index contributed by atoms with van der Waals surface area (Å²) in [5, 5.41) is 10.0. The maximum Gasteiger partial charge on any atom is 0.511 e. The number of aliphatic hydroxyl groups excluding tert-OH is 1. The van der Waals surface area contributed by atoms with E-state index >= 15 is 0 Å². The van der Waals surface area contributed by atoms with E-state index in [1.165, 1.54) is 0 Å². The predicted octanol–water partition coefficient (Wildman–Crippen LogP) is 3.84. The first-order valence-corrected chi connectivity index (χ1v) is 6.58. The van der Waals surface area contributed by atoms with Crippen molar-refractivity contribution in [2.45, 2.75) is 17.0 Å². The summed E-state index contributed by atoms with van der Waals surface area (Å²) >= 11 is 15.8. The van der Waals surface area contributed by atoms with Crippen LogP contribution in [0.3, 0.4) is 0 Å². The SMILES string of the molecule is C[C@H](COC(=O)OC(Cl)(Cl)Cl)[C@H](O)c1ccccc1. The zero-order chi connectivity index (χ0) is 14.5. The van der Waals surface area contributed by atoms with Crippen molar-refractivity contribution >= 4 is 41.0 Å². The zero-order valence-corrected chi connectivity index (χ0v) is 12.3. The highest BCUT2D eigenvalue weighted by molar-refractivity contribution is 6.66. The Morgan fingerprint density at radius 1 is 1.32 bits per heavy atom. The molecule has 0 fully saturated rings. The number of carbonyl (C=O) groups excluding carboxylic acids is 1. The van der Waals surface area contributed by atoms with Crippen LogP contribution < -0.4 is 0 Å². The Kier molecular flexibility index (Phi) is 6.20. The minimum Gasteiger partial charge on any atom is -0.434 e. The standard InChI is InChI=1S/C12H13Cl3O4/c1-8(7-18-11(17)19-12(13,14)15)10(16)9-5-3-2-4-6-9/h2-6,8,10,16H,7H2,1H3/t8-,10+/m1/s1. The van der Waals surface area contributed by atoms with Gasteiger partial charge in [0.15, 0.2) is 0 Å². The minimum absolute atomic E-state index is 0.0599. The molecule has 0 unspecified atom stereocenters. The van der Waals surface area contributed by atoms with Crippen LogP contribution in [0.4, 0.5) is 4.79 Å². The van der Waals surface area contributed by atoms with Crippen LogP contribution in [-0.4, -0.2) is 21.8 Å². The molecule has 1 N–H and O–H groups in total. The molecule has 0 saturated carbocycles. The van der Waals surface area contributed by atoms with E-state index in [4.69, 9.17) is 39.5 Å². The van der Waals surface area contributed by atoms with E-state index in [1.807, 2.05) is 18.2 Å². The number of hydrogen-bond donors (Lipinski definition) is 1. The van der Waals surface area contributed by atoms with Crippen molar-refractivity contribution in [2.75, 3.05) is 6.61 Å². The van der Waals surface area contributed by atoms with Crippen molar-refractivity contribution in [3.05, 3.63) is 35.9 Å². The van der Waals surface area contributed by atoms with Gasteiger partial charge in [-0.15, -0.1) is 0 Å². The number of rotatable bonds is 4. The lowest BCUT2D eigenvalue weighted by Gasteiger charge is -2.19. The molecule has 0 aromatic heterocycles. The summed E-state index contributed by atoms with van der Waals surface area (Å²) in [6, 6.07) is 9.02. The molecule has 1 aromatic rings. The maximum atomic E-state index is 11.1. The molecule has 0 amide bonds. The number of benzene rings is 1. The molecule has 0 aliphatic carbocycles. The highest BCUT2D eigenvalue weighted by Gasteiger charge is 2.27. The van der Waals surface area contributed by atoms with Crippen LogP contribution in [0.15, 0.2) is 30.3 Å². The van der Waals surface area contributed by atoms with Crippen LogP contribution in [0.25, 0.3) is 0 Å².